The fourth-order valence-electron chi connectivity index (χ4n) is 1.92. The number of hydrogen-bond donors (Lipinski definition) is 2. The van der Waals surface area contributed by atoms with Gasteiger partial charge in [0.1, 0.15) is 5.75 Å². The fraction of sp³-hybridized carbons (Fsp3) is 0.250. The van der Waals surface area contributed by atoms with E-state index in [0.29, 0.717) is 24.4 Å². The van der Waals surface area contributed by atoms with Crippen molar-refractivity contribution in [3.63, 3.8) is 0 Å². The number of amides is 1. The van der Waals surface area contributed by atoms with Gasteiger partial charge in [0.25, 0.3) is 5.91 Å². The summed E-state index contributed by atoms with van der Waals surface area (Å²) in [6.07, 6.45) is 1.56. The molecule has 0 fully saturated rings. The van der Waals surface area contributed by atoms with Crippen molar-refractivity contribution in [1.82, 2.24) is 4.98 Å². The Morgan fingerprint density at radius 1 is 1.33 bits per heavy atom. The highest BCUT2D eigenvalue weighted by molar-refractivity contribution is 6.04. The van der Waals surface area contributed by atoms with E-state index in [-0.39, 0.29) is 5.91 Å². The second-order valence-electron chi connectivity index (χ2n) is 4.60. The SMILES string of the molecule is CCOc1ccc(NC(=O)c2ccc(C)nc2)cc1CN. The zero-order valence-electron chi connectivity index (χ0n) is 12.2. The molecule has 110 valence electrons. The number of nitrogens with two attached hydrogens (primary N) is 1. The summed E-state index contributed by atoms with van der Waals surface area (Å²) in [5.41, 5.74) is 8.64. The molecule has 0 aliphatic carbocycles. The summed E-state index contributed by atoms with van der Waals surface area (Å²) in [4.78, 5) is 16.2. The number of carbonyl (C=O) groups is 1. The lowest BCUT2D eigenvalue weighted by Gasteiger charge is -2.11. The zero-order valence-corrected chi connectivity index (χ0v) is 12.2. The van der Waals surface area contributed by atoms with Gasteiger partial charge in [-0.25, -0.2) is 0 Å². The van der Waals surface area contributed by atoms with Gasteiger partial charge in [0, 0.05) is 29.7 Å². The average Bonchev–Trinajstić information content (AvgIpc) is 2.49. The number of rotatable bonds is 5. The Bertz CT molecular complexity index is 624. The van der Waals surface area contributed by atoms with Crippen molar-refractivity contribution < 1.29 is 9.53 Å². The minimum Gasteiger partial charge on any atom is -0.494 e. The van der Waals surface area contributed by atoms with Crippen LogP contribution in [0.3, 0.4) is 0 Å². The minimum absolute atomic E-state index is 0.199. The summed E-state index contributed by atoms with van der Waals surface area (Å²) < 4.78 is 5.48. The molecule has 2 aromatic rings. The maximum atomic E-state index is 12.1. The van der Waals surface area contributed by atoms with E-state index in [0.717, 1.165) is 17.0 Å². The molecule has 2 rings (SSSR count). The van der Waals surface area contributed by atoms with E-state index in [4.69, 9.17) is 10.5 Å². The lowest BCUT2D eigenvalue weighted by molar-refractivity contribution is 0.102. The first kappa shape index (κ1) is 15.0. The summed E-state index contributed by atoms with van der Waals surface area (Å²) in [6.45, 7) is 4.72. The van der Waals surface area contributed by atoms with Crippen LogP contribution in [0.4, 0.5) is 5.69 Å². The summed E-state index contributed by atoms with van der Waals surface area (Å²) in [7, 11) is 0. The average molecular weight is 285 g/mol. The van der Waals surface area contributed by atoms with Gasteiger partial charge in [-0.05, 0) is 44.2 Å². The molecule has 5 heteroatoms. The number of carbonyl (C=O) groups excluding carboxylic acids is 1. The molecule has 0 unspecified atom stereocenters. The highest BCUT2D eigenvalue weighted by Gasteiger charge is 2.08. The number of anilines is 1. The first-order chi connectivity index (χ1) is 10.1. The predicted molar refractivity (Wildman–Crippen MR) is 82.4 cm³/mol. The Kier molecular flexibility index (Phi) is 4.90. The number of aryl methyl sites for hydroxylation is 1. The predicted octanol–water partition coefficient (Wildman–Crippen LogP) is 2.50. The smallest absolute Gasteiger partial charge is 0.257 e. The standard InChI is InChI=1S/C16H19N3O2/c1-3-21-15-7-6-14(8-13(15)9-17)19-16(20)12-5-4-11(2)18-10-12/h4-8,10H,3,9,17H2,1-2H3,(H,19,20). The maximum Gasteiger partial charge on any atom is 0.257 e. The van der Waals surface area contributed by atoms with Crippen LogP contribution in [-0.4, -0.2) is 17.5 Å². The molecule has 1 aromatic heterocycles. The van der Waals surface area contributed by atoms with Gasteiger partial charge in [0.15, 0.2) is 0 Å². The van der Waals surface area contributed by atoms with Crippen molar-refractivity contribution in [3.8, 4) is 5.75 Å². The molecule has 0 saturated heterocycles. The first-order valence-corrected chi connectivity index (χ1v) is 6.84. The van der Waals surface area contributed by atoms with Crippen LogP contribution in [0.5, 0.6) is 5.75 Å². The Balaban J connectivity index is 2.15. The van der Waals surface area contributed by atoms with E-state index in [1.165, 1.54) is 0 Å². The van der Waals surface area contributed by atoms with E-state index >= 15 is 0 Å². The second kappa shape index (κ2) is 6.85. The third kappa shape index (κ3) is 3.79. The van der Waals surface area contributed by atoms with E-state index in [9.17, 15) is 4.79 Å². The summed E-state index contributed by atoms with van der Waals surface area (Å²) in [5, 5.41) is 2.83. The third-order valence-electron chi connectivity index (χ3n) is 3.01. The van der Waals surface area contributed by atoms with E-state index < -0.39 is 0 Å². The lowest BCUT2D eigenvalue weighted by atomic mass is 10.1. The molecule has 0 bridgehead atoms. The Morgan fingerprint density at radius 3 is 2.76 bits per heavy atom. The zero-order chi connectivity index (χ0) is 15.2. The molecular formula is C16H19N3O2. The van der Waals surface area contributed by atoms with Crippen LogP contribution in [0.15, 0.2) is 36.5 Å². The van der Waals surface area contributed by atoms with Crippen LogP contribution >= 0.6 is 0 Å². The first-order valence-electron chi connectivity index (χ1n) is 6.84. The van der Waals surface area contributed by atoms with Crippen molar-refractivity contribution in [1.29, 1.82) is 0 Å². The summed E-state index contributed by atoms with van der Waals surface area (Å²) in [6, 6.07) is 8.98. The molecule has 0 spiro atoms. The molecule has 0 radical (unpaired) electrons. The van der Waals surface area contributed by atoms with Crippen molar-refractivity contribution >= 4 is 11.6 Å². The Hall–Kier alpha value is -2.40. The van der Waals surface area contributed by atoms with Gasteiger partial charge >= 0.3 is 0 Å². The monoisotopic (exact) mass is 285 g/mol. The minimum atomic E-state index is -0.199. The van der Waals surface area contributed by atoms with Crippen LogP contribution < -0.4 is 15.8 Å². The number of nitrogens with zero attached hydrogens (tertiary/aromatic N) is 1. The Labute approximate surface area is 124 Å². The topological polar surface area (TPSA) is 77.2 Å². The molecule has 1 heterocycles. The van der Waals surface area contributed by atoms with Gasteiger partial charge in [-0.1, -0.05) is 0 Å². The molecule has 3 N–H and O–H groups in total. The third-order valence-corrected chi connectivity index (χ3v) is 3.01. The summed E-state index contributed by atoms with van der Waals surface area (Å²) in [5.74, 6) is 0.546. The largest absolute Gasteiger partial charge is 0.494 e. The number of aromatic nitrogens is 1. The molecular weight excluding hydrogens is 266 g/mol. The van der Waals surface area contributed by atoms with Gasteiger partial charge in [-0.15, -0.1) is 0 Å². The van der Waals surface area contributed by atoms with Crippen LogP contribution in [0, 0.1) is 6.92 Å². The molecule has 5 nitrogen and oxygen atoms in total. The van der Waals surface area contributed by atoms with Crippen LogP contribution in [-0.2, 0) is 6.54 Å². The number of pyridine rings is 1. The van der Waals surface area contributed by atoms with Crippen molar-refractivity contribution in [3.05, 3.63) is 53.3 Å². The second-order valence-corrected chi connectivity index (χ2v) is 4.60. The van der Waals surface area contributed by atoms with E-state index in [1.54, 1.807) is 24.4 Å². The number of benzene rings is 1. The quantitative estimate of drug-likeness (QED) is 0.885. The van der Waals surface area contributed by atoms with Crippen LogP contribution in [0.1, 0.15) is 28.5 Å². The van der Waals surface area contributed by atoms with Crippen molar-refractivity contribution in [2.45, 2.75) is 20.4 Å². The molecule has 21 heavy (non-hydrogen) atoms. The molecule has 1 amide bonds. The van der Waals surface area contributed by atoms with Gasteiger partial charge in [0.2, 0.25) is 0 Å². The number of nitrogens with one attached hydrogen (secondary N) is 1. The van der Waals surface area contributed by atoms with Gasteiger partial charge < -0.3 is 15.8 Å². The van der Waals surface area contributed by atoms with E-state index in [1.807, 2.05) is 26.0 Å². The number of ether oxygens (including phenoxy) is 1. The van der Waals surface area contributed by atoms with Crippen molar-refractivity contribution in [2.75, 3.05) is 11.9 Å². The molecule has 0 aliphatic rings. The Morgan fingerprint density at radius 2 is 2.14 bits per heavy atom. The van der Waals surface area contributed by atoms with Crippen LogP contribution in [0.25, 0.3) is 0 Å². The lowest BCUT2D eigenvalue weighted by Crippen LogP contribution is -2.13. The highest BCUT2D eigenvalue weighted by atomic mass is 16.5. The van der Waals surface area contributed by atoms with Gasteiger partial charge in [-0.2, -0.15) is 0 Å². The van der Waals surface area contributed by atoms with Gasteiger partial charge in [0.05, 0.1) is 12.2 Å². The van der Waals surface area contributed by atoms with E-state index in [2.05, 4.69) is 10.3 Å². The fourth-order valence-corrected chi connectivity index (χ4v) is 1.92. The molecule has 0 saturated carbocycles. The summed E-state index contributed by atoms with van der Waals surface area (Å²) >= 11 is 0. The highest BCUT2D eigenvalue weighted by Crippen LogP contribution is 2.23. The number of hydrogen-bond acceptors (Lipinski definition) is 4. The van der Waals surface area contributed by atoms with Crippen molar-refractivity contribution in [2.24, 2.45) is 5.73 Å². The van der Waals surface area contributed by atoms with Gasteiger partial charge in [-0.3, -0.25) is 9.78 Å². The molecule has 0 aliphatic heterocycles. The normalized spacial score (nSPS) is 10.2. The molecule has 0 atom stereocenters. The van der Waals surface area contributed by atoms with Crippen LogP contribution in [0.2, 0.25) is 0 Å². The maximum absolute atomic E-state index is 12.1. The molecule has 1 aromatic carbocycles.